The van der Waals surface area contributed by atoms with E-state index >= 15 is 0 Å². The number of hydrogen-bond donors (Lipinski definition) is 0. The maximum absolute atomic E-state index is 12.6. The predicted molar refractivity (Wildman–Crippen MR) is 94.8 cm³/mol. The predicted octanol–water partition coefficient (Wildman–Crippen LogP) is 3.52. The van der Waals surface area contributed by atoms with Gasteiger partial charge in [0, 0.05) is 25.2 Å². The number of ether oxygens (including phenoxy) is 1. The van der Waals surface area contributed by atoms with Crippen LogP contribution >= 0.6 is 0 Å². The standard InChI is InChI=1S/C20H20N2O2/c1-22(13-14-24-15-16-7-3-2-4-8-16)20(23)19-18-10-6-5-9-17(18)11-12-21-19/h2-12H,13-15H2,1H3. The Hall–Kier alpha value is -2.72. The van der Waals surface area contributed by atoms with Crippen LogP contribution in [0.3, 0.4) is 0 Å². The summed E-state index contributed by atoms with van der Waals surface area (Å²) < 4.78 is 5.65. The summed E-state index contributed by atoms with van der Waals surface area (Å²) in [5.41, 5.74) is 1.61. The van der Waals surface area contributed by atoms with Gasteiger partial charge in [-0.1, -0.05) is 54.6 Å². The Morgan fingerprint density at radius 3 is 2.62 bits per heavy atom. The highest BCUT2D eigenvalue weighted by Crippen LogP contribution is 2.17. The molecule has 4 heteroatoms. The largest absolute Gasteiger partial charge is 0.375 e. The van der Waals surface area contributed by atoms with Gasteiger partial charge >= 0.3 is 0 Å². The summed E-state index contributed by atoms with van der Waals surface area (Å²) in [7, 11) is 1.78. The number of pyridine rings is 1. The van der Waals surface area contributed by atoms with Gasteiger partial charge in [-0.05, 0) is 17.0 Å². The Labute approximate surface area is 141 Å². The first kappa shape index (κ1) is 16.1. The molecule has 0 saturated heterocycles. The SMILES string of the molecule is CN(CCOCc1ccccc1)C(=O)c1nccc2ccccc12. The summed E-state index contributed by atoms with van der Waals surface area (Å²) in [6.45, 7) is 1.56. The van der Waals surface area contributed by atoms with E-state index in [1.54, 1.807) is 18.1 Å². The van der Waals surface area contributed by atoms with Crippen molar-refractivity contribution >= 4 is 16.7 Å². The molecule has 0 atom stereocenters. The number of rotatable bonds is 6. The zero-order valence-corrected chi connectivity index (χ0v) is 13.7. The first-order valence-electron chi connectivity index (χ1n) is 7.96. The van der Waals surface area contributed by atoms with Crippen LogP contribution in [0.25, 0.3) is 10.8 Å². The van der Waals surface area contributed by atoms with E-state index in [1.807, 2.05) is 60.7 Å². The third-order valence-electron chi connectivity index (χ3n) is 3.91. The molecule has 24 heavy (non-hydrogen) atoms. The molecule has 1 aromatic heterocycles. The second-order valence-electron chi connectivity index (χ2n) is 5.65. The van der Waals surface area contributed by atoms with Crippen molar-refractivity contribution in [1.82, 2.24) is 9.88 Å². The van der Waals surface area contributed by atoms with Gasteiger partial charge in [-0.25, -0.2) is 0 Å². The van der Waals surface area contributed by atoms with E-state index in [0.29, 0.717) is 25.5 Å². The van der Waals surface area contributed by atoms with E-state index in [9.17, 15) is 4.79 Å². The van der Waals surface area contributed by atoms with Gasteiger partial charge in [0.1, 0.15) is 5.69 Å². The molecular weight excluding hydrogens is 300 g/mol. The normalized spacial score (nSPS) is 10.7. The molecule has 0 unspecified atom stereocenters. The Kier molecular flexibility index (Phi) is 5.18. The molecule has 122 valence electrons. The summed E-state index contributed by atoms with van der Waals surface area (Å²) in [6, 6.07) is 19.7. The molecule has 3 rings (SSSR count). The average Bonchev–Trinajstić information content (AvgIpc) is 2.65. The first-order chi connectivity index (χ1) is 11.8. The highest BCUT2D eigenvalue weighted by atomic mass is 16.5. The van der Waals surface area contributed by atoms with Crippen LogP contribution in [-0.4, -0.2) is 36.0 Å². The third kappa shape index (κ3) is 3.78. The van der Waals surface area contributed by atoms with Crippen molar-refractivity contribution in [2.75, 3.05) is 20.2 Å². The maximum Gasteiger partial charge on any atom is 0.272 e. The number of carbonyl (C=O) groups excluding carboxylic acids is 1. The minimum Gasteiger partial charge on any atom is -0.375 e. The average molecular weight is 320 g/mol. The minimum atomic E-state index is -0.0879. The number of nitrogens with zero attached hydrogens (tertiary/aromatic N) is 2. The number of amides is 1. The number of carbonyl (C=O) groups is 1. The van der Waals surface area contributed by atoms with Gasteiger partial charge in [0.05, 0.1) is 13.2 Å². The fourth-order valence-corrected chi connectivity index (χ4v) is 2.54. The Morgan fingerprint density at radius 1 is 1.04 bits per heavy atom. The number of likely N-dealkylation sites (N-methyl/N-ethyl adjacent to an activating group) is 1. The second-order valence-corrected chi connectivity index (χ2v) is 5.65. The van der Waals surface area contributed by atoms with Crippen molar-refractivity contribution in [3.05, 3.63) is 78.1 Å². The van der Waals surface area contributed by atoms with Crippen LogP contribution in [0.5, 0.6) is 0 Å². The van der Waals surface area contributed by atoms with Crippen molar-refractivity contribution in [2.24, 2.45) is 0 Å². The maximum atomic E-state index is 12.6. The first-order valence-corrected chi connectivity index (χ1v) is 7.96. The van der Waals surface area contributed by atoms with Crippen LogP contribution in [-0.2, 0) is 11.3 Å². The quantitative estimate of drug-likeness (QED) is 0.653. The molecule has 0 bridgehead atoms. The lowest BCUT2D eigenvalue weighted by molar-refractivity contribution is 0.0667. The summed E-state index contributed by atoms with van der Waals surface area (Å²) in [5.74, 6) is -0.0879. The molecule has 0 aliphatic carbocycles. The van der Waals surface area contributed by atoms with Crippen LogP contribution < -0.4 is 0 Å². The van der Waals surface area contributed by atoms with Crippen molar-refractivity contribution in [3.63, 3.8) is 0 Å². The van der Waals surface area contributed by atoms with Crippen LogP contribution in [0, 0.1) is 0 Å². The van der Waals surface area contributed by atoms with Gasteiger partial charge in [-0.15, -0.1) is 0 Å². The van der Waals surface area contributed by atoms with Crippen LogP contribution in [0.15, 0.2) is 66.9 Å². The van der Waals surface area contributed by atoms with E-state index in [4.69, 9.17) is 4.74 Å². The fourth-order valence-electron chi connectivity index (χ4n) is 2.54. The smallest absolute Gasteiger partial charge is 0.272 e. The molecule has 0 saturated carbocycles. The Bertz CT molecular complexity index is 813. The minimum absolute atomic E-state index is 0.0879. The number of benzene rings is 2. The van der Waals surface area contributed by atoms with Gasteiger partial charge in [-0.2, -0.15) is 0 Å². The van der Waals surface area contributed by atoms with Crippen LogP contribution in [0.4, 0.5) is 0 Å². The van der Waals surface area contributed by atoms with Crippen LogP contribution in [0.1, 0.15) is 16.1 Å². The summed E-state index contributed by atoms with van der Waals surface area (Å²) in [6.07, 6.45) is 1.68. The molecule has 1 heterocycles. The van der Waals surface area contributed by atoms with E-state index < -0.39 is 0 Å². The molecule has 1 amide bonds. The van der Waals surface area contributed by atoms with Crippen molar-refractivity contribution in [2.45, 2.75) is 6.61 Å². The lowest BCUT2D eigenvalue weighted by Gasteiger charge is -2.17. The highest BCUT2D eigenvalue weighted by molar-refractivity contribution is 6.04. The van der Waals surface area contributed by atoms with E-state index in [0.717, 1.165) is 16.3 Å². The van der Waals surface area contributed by atoms with Crippen molar-refractivity contribution in [3.8, 4) is 0 Å². The Morgan fingerprint density at radius 2 is 1.79 bits per heavy atom. The van der Waals surface area contributed by atoms with Gasteiger partial charge in [0.25, 0.3) is 5.91 Å². The van der Waals surface area contributed by atoms with Gasteiger partial charge < -0.3 is 9.64 Å². The van der Waals surface area contributed by atoms with Crippen LogP contribution in [0.2, 0.25) is 0 Å². The zero-order chi connectivity index (χ0) is 16.8. The summed E-state index contributed by atoms with van der Waals surface area (Å²) >= 11 is 0. The molecule has 4 nitrogen and oxygen atoms in total. The lowest BCUT2D eigenvalue weighted by atomic mass is 10.1. The molecule has 0 radical (unpaired) electrons. The zero-order valence-electron chi connectivity index (χ0n) is 13.7. The van der Waals surface area contributed by atoms with Gasteiger partial charge in [0.15, 0.2) is 0 Å². The molecular formula is C20H20N2O2. The topological polar surface area (TPSA) is 42.4 Å². The molecule has 0 fully saturated rings. The summed E-state index contributed by atoms with van der Waals surface area (Å²) in [5, 5.41) is 1.90. The molecule has 2 aromatic carbocycles. The Balaban J connectivity index is 1.58. The number of fused-ring (bicyclic) bond motifs is 1. The van der Waals surface area contributed by atoms with E-state index in [-0.39, 0.29) is 5.91 Å². The molecule has 0 aliphatic rings. The molecule has 0 spiro atoms. The van der Waals surface area contributed by atoms with E-state index in [2.05, 4.69) is 4.98 Å². The fraction of sp³-hybridized carbons (Fsp3) is 0.200. The monoisotopic (exact) mass is 320 g/mol. The second kappa shape index (κ2) is 7.70. The third-order valence-corrected chi connectivity index (χ3v) is 3.91. The number of aromatic nitrogens is 1. The van der Waals surface area contributed by atoms with E-state index in [1.165, 1.54) is 0 Å². The summed E-state index contributed by atoms with van der Waals surface area (Å²) in [4.78, 5) is 18.6. The van der Waals surface area contributed by atoms with Gasteiger partial charge in [0.2, 0.25) is 0 Å². The molecule has 3 aromatic rings. The number of hydrogen-bond acceptors (Lipinski definition) is 3. The van der Waals surface area contributed by atoms with Crippen molar-refractivity contribution in [1.29, 1.82) is 0 Å². The molecule has 0 N–H and O–H groups in total. The molecule has 0 aliphatic heterocycles. The highest BCUT2D eigenvalue weighted by Gasteiger charge is 2.15. The lowest BCUT2D eigenvalue weighted by Crippen LogP contribution is -2.31. The van der Waals surface area contributed by atoms with Gasteiger partial charge in [-0.3, -0.25) is 9.78 Å². The van der Waals surface area contributed by atoms with Crippen molar-refractivity contribution < 1.29 is 9.53 Å².